The summed E-state index contributed by atoms with van der Waals surface area (Å²) in [5, 5.41) is 5.63. The van der Waals surface area contributed by atoms with Gasteiger partial charge in [0.15, 0.2) is 17.4 Å². The van der Waals surface area contributed by atoms with E-state index >= 15 is 0 Å². The van der Waals surface area contributed by atoms with Gasteiger partial charge in [0.25, 0.3) is 0 Å². The molecule has 1 heteroatoms. The summed E-state index contributed by atoms with van der Waals surface area (Å²) in [5.41, 5.74) is 3.18. The lowest BCUT2D eigenvalue weighted by atomic mass is 9.81. The van der Waals surface area contributed by atoms with Gasteiger partial charge < -0.3 is 0 Å². The van der Waals surface area contributed by atoms with E-state index in [1.807, 2.05) is 0 Å². The van der Waals surface area contributed by atoms with Crippen molar-refractivity contribution in [3.05, 3.63) is 59.7 Å². The molecule has 0 aromatic heterocycles. The first-order valence-corrected chi connectivity index (χ1v) is 7.28. The molecule has 100 valence electrons. The van der Waals surface area contributed by atoms with Gasteiger partial charge in [-0.2, -0.15) is 0 Å². The summed E-state index contributed by atoms with van der Waals surface area (Å²) in [6.45, 7) is 2.37. The largest absolute Gasteiger partial charge is 0.187 e. The SMILES string of the molecule is CC1CCCc2c1ccc1c2ccc2ccccc21.[AlH3]. The minimum Gasteiger partial charge on any atom is -0.0616 e. The zero-order valence-corrected chi connectivity index (χ0v) is 11.3. The van der Waals surface area contributed by atoms with Gasteiger partial charge in [0, 0.05) is 0 Å². The quantitative estimate of drug-likeness (QED) is 0.425. The maximum absolute atomic E-state index is 2.37. The van der Waals surface area contributed by atoms with Crippen LogP contribution < -0.4 is 0 Å². The molecule has 0 fully saturated rings. The first kappa shape index (κ1) is 13.7. The van der Waals surface area contributed by atoms with Gasteiger partial charge in [-0.25, -0.2) is 0 Å². The van der Waals surface area contributed by atoms with E-state index in [1.54, 1.807) is 11.1 Å². The standard InChI is InChI=1S/C19H18.Al.3H/c1-13-5-4-8-17-15(13)11-12-18-16-7-3-2-6-14(16)9-10-19(17)18;;;;/h2-3,6-7,9-13H,4-5,8H2,1H3;;;;. The first-order valence-electron chi connectivity index (χ1n) is 7.28. The van der Waals surface area contributed by atoms with Crippen LogP contribution >= 0.6 is 0 Å². The predicted molar refractivity (Wildman–Crippen MR) is 92.7 cm³/mol. The molecule has 3 aromatic rings. The summed E-state index contributed by atoms with van der Waals surface area (Å²) in [4.78, 5) is 0. The molecule has 0 bridgehead atoms. The average molecular weight is 276 g/mol. The van der Waals surface area contributed by atoms with Crippen LogP contribution in [0.5, 0.6) is 0 Å². The normalized spacial score (nSPS) is 17.8. The molecular weight excluding hydrogens is 255 g/mol. The van der Waals surface area contributed by atoms with Crippen molar-refractivity contribution in [3.63, 3.8) is 0 Å². The van der Waals surface area contributed by atoms with Crippen LogP contribution in [0.15, 0.2) is 48.5 Å². The van der Waals surface area contributed by atoms with E-state index in [-0.39, 0.29) is 17.4 Å². The summed E-state index contributed by atoms with van der Waals surface area (Å²) >= 11 is 0. The van der Waals surface area contributed by atoms with Crippen LogP contribution in [-0.2, 0) is 6.42 Å². The third-order valence-electron chi connectivity index (χ3n) is 4.67. The number of benzene rings is 3. The monoisotopic (exact) mass is 276 g/mol. The third-order valence-corrected chi connectivity index (χ3v) is 4.67. The summed E-state index contributed by atoms with van der Waals surface area (Å²) in [7, 11) is 0. The van der Waals surface area contributed by atoms with Gasteiger partial charge in [0.1, 0.15) is 0 Å². The second-order valence-electron chi connectivity index (χ2n) is 5.81. The number of fused-ring (bicyclic) bond motifs is 5. The highest BCUT2D eigenvalue weighted by molar-refractivity contribution is 6.08. The minimum atomic E-state index is 0. The van der Waals surface area contributed by atoms with Gasteiger partial charge in [-0.15, -0.1) is 0 Å². The predicted octanol–water partition coefficient (Wildman–Crippen LogP) is 4.25. The van der Waals surface area contributed by atoms with Crippen LogP contribution in [0.4, 0.5) is 0 Å². The Labute approximate surface area is 130 Å². The fourth-order valence-electron chi connectivity index (χ4n) is 3.65. The molecule has 0 aliphatic heterocycles. The van der Waals surface area contributed by atoms with E-state index in [0.29, 0.717) is 0 Å². The molecule has 20 heavy (non-hydrogen) atoms. The molecule has 1 unspecified atom stereocenters. The van der Waals surface area contributed by atoms with Gasteiger partial charge >= 0.3 is 0 Å². The van der Waals surface area contributed by atoms with Crippen LogP contribution in [0.1, 0.15) is 36.8 Å². The van der Waals surface area contributed by atoms with Crippen molar-refractivity contribution in [2.75, 3.05) is 0 Å². The summed E-state index contributed by atoms with van der Waals surface area (Å²) in [5.74, 6) is 0.722. The number of aryl methyl sites for hydroxylation is 1. The zero-order chi connectivity index (χ0) is 12.8. The molecule has 4 rings (SSSR count). The van der Waals surface area contributed by atoms with E-state index in [1.165, 1.54) is 40.8 Å². The fourth-order valence-corrected chi connectivity index (χ4v) is 3.65. The maximum atomic E-state index is 2.37. The highest BCUT2D eigenvalue weighted by Crippen LogP contribution is 2.37. The molecule has 0 N–H and O–H groups in total. The van der Waals surface area contributed by atoms with Crippen molar-refractivity contribution in [1.82, 2.24) is 0 Å². The Hall–Kier alpha value is -1.29. The molecule has 0 nitrogen and oxygen atoms in total. The van der Waals surface area contributed by atoms with E-state index in [0.717, 1.165) is 5.92 Å². The smallest absolute Gasteiger partial charge is 0.0616 e. The van der Waals surface area contributed by atoms with Crippen LogP contribution in [-0.4, -0.2) is 17.4 Å². The Morgan fingerprint density at radius 3 is 2.55 bits per heavy atom. The Balaban J connectivity index is 0.00000121. The Kier molecular flexibility index (Phi) is 3.59. The highest BCUT2D eigenvalue weighted by Gasteiger charge is 2.18. The number of hydrogen-bond donors (Lipinski definition) is 0. The van der Waals surface area contributed by atoms with Crippen molar-refractivity contribution in [2.45, 2.75) is 32.1 Å². The van der Waals surface area contributed by atoms with Crippen molar-refractivity contribution in [3.8, 4) is 0 Å². The van der Waals surface area contributed by atoms with Gasteiger partial charge in [-0.1, -0.05) is 55.5 Å². The molecule has 0 spiro atoms. The van der Waals surface area contributed by atoms with Crippen LogP contribution in [0, 0.1) is 0 Å². The Bertz CT molecular complexity index is 773. The molecular formula is C19H21Al. The Morgan fingerprint density at radius 1 is 0.850 bits per heavy atom. The number of rotatable bonds is 0. The summed E-state index contributed by atoms with van der Waals surface area (Å²) < 4.78 is 0. The van der Waals surface area contributed by atoms with Crippen molar-refractivity contribution in [1.29, 1.82) is 0 Å². The summed E-state index contributed by atoms with van der Waals surface area (Å²) in [6.07, 6.45) is 3.92. The zero-order valence-electron chi connectivity index (χ0n) is 11.3. The van der Waals surface area contributed by atoms with Crippen molar-refractivity contribution in [2.24, 2.45) is 0 Å². The molecule has 0 heterocycles. The molecule has 0 amide bonds. The van der Waals surface area contributed by atoms with Gasteiger partial charge in [-0.3, -0.25) is 0 Å². The molecule has 0 saturated heterocycles. The van der Waals surface area contributed by atoms with Crippen molar-refractivity contribution >= 4 is 38.9 Å². The lowest BCUT2D eigenvalue weighted by Gasteiger charge is -2.24. The second kappa shape index (κ2) is 5.24. The second-order valence-corrected chi connectivity index (χ2v) is 5.81. The number of hydrogen-bond acceptors (Lipinski definition) is 0. The van der Waals surface area contributed by atoms with Gasteiger partial charge in [0.05, 0.1) is 0 Å². The van der Waals surface area contributed by atoms with Gasteiger partial charge in [-0.05, 0) is 57.9 Å². The van der Waals surface area contributed by atoms with Crippen LogP contribution in [0.2, 0.25) is 0 Å². The van der Waals surface area contributed by atoms with Gasteiger partial charge in [0.2, 0.25) is 0 Å². The molecule has 0 radical (unpaired) electrons. The van der Waals surface area contributed by atoms with Crippen LogP contribution in [0.25, 0.3) is 21.5 Å². The summed E-state index contributed by atoms with van der Waals surface area (Å²) in [6, 6.07) is 18.0. The van der Waals surface area contributed by atoms with Crippen molar-refractivity contribution < 1.29 is 0 Å². The van der Waals surface area contributed by atoms with E-state index in [2.05, 4.69) is 55.5 Å². The molecule has 1 aliphatic carbocycles. The topological polar surface area (TPSA) is 0 Å². The molecule has 1 atom stereocenters. The fraction of sp³-hybridized carbons (Fsp3) is 0.263. The minimum absolute atomic E-state index is 0. The molecule has 3 aromatic carbocycles. The molecule has 0 saturated carbocycles. The first-order chi connectivity index (χ1) is 9.34. The van der Waals surface area contributed by atoms with E-state index in [9.17, 15) is 0 Å². The van der Waals surface area contributed by atoms with E-state index < -0.39 is 0 Å². The Morgan fingerprint density at radius 2 is 1.65 bits per heavy atom. The van der Waals surface area contributed by atoms with E-state index in [4.69, 9.17) is 0 Å². The van der Waals surface area contributed by atoms with Crippen LogP contribution in [0.3, 0.4) is 0 Å². The maximum Gasteiger partial charge on any atom is 0.187 e. The third kappa shape index (κ3) is 1.97. The lowest BCUT2D eigenvalue weighted by Crippen LogP contribution is -2.07. The highest BCUT2D eigenvalue weighted by atomic mass is 27.0. The molecule has 1 aliphatic rings. The lowest BCUT2D eigenvalue weighted by molar-refractivity contribution is 0.593. The average Bonchev–Trinajstić information content (AvgIpc) is 2.47.